The molecule has 1 heterocycles. The van der Waals surface area contributed by atoms with Crippen LogP contribution in [0.4, 0.5) is 4.39 Å². The molecule has 0 bridgehead atoms. The summed E-state index contributed by atoms with van der Waals surface area (Å²) in [5.41, 5.74) is 3.14. The number of carboxylic acids is 1. The standard InChI is InChI=1S/C42H43FN4O7/c1-2-3-4-5-9-22-54-33-19-16-28(17-20-33)32-25-44-39(45-26-32)30-14-12-27(13-15-30)23-35(46-40(50)31-18-21-36(48)34(43)24-31)41(51)47-37(42(52)53)38(49)29-10-7-6-8-11-29/h6-8,10-21,24-26,35,37-38,48-49H,2-5,9,22-23H2,1H3,(H,46,50)(H,47,51)(H,52,53). The number of carbonyl (C=O) groups is 3. The van der Waals surface area contributed by atoms with Crippen molar-refractivity contribution in [2.75, 3.05) is 6.61 Å². The fraction of sp³-hybridized carbons (Fsp3) is 0.262. The van der Waals surface area contributed by atoms with E-state index < -0.39 is 47.5 Å². The summed E-state index contributed by atoms with van der Waals surface area (Å²) >= 11 is 0. The third-order valence-electron chi connectivity index (χ3n) is 8.86. The van der Waals surface area contributed by atoms with Crippen LogP contribution in [-0.4, -0.2) is 61.8 Å². The minimum absolute atomic E-state index is 0.0927. The molecular weight excluding hydrogens is 691 g/mol. The number of phenols is 1. The predicted molar refractivity (Wildman–Crippen MR) is 201 cm³/mol. The van der Waals surface area contributed by atoms with Crippen LogP contribution >= 0.6 is 0 Å². The van der Waals surface area contributed by atoms with E-state index in [4.69, 9.17) is 4.74 Å². The van der Waals surface area contributed by atoms with Crippen molar-refractivity contribution in [2.45, 2.75) is 63.6 Å². The fourth-order valence-electron chi connectivity index (χ4n) is 5.76. The lowest BCUT2D eigenvalue weighted by Crippen LogP contribution is -2.54. The zero-order valence-electron chi connectivity index (χ0n) is 29.8. The molecule has 0 saturated carbocycles. The van der Waals surface area contributed by atoms with Crippen LogP contribution in [0.2, 0.25) is 0 Å². The van der Waals surface area contributed by atoms with Crippen molar-refractivity contribution < 1.29 is 38.8 Å². The Morgan fingerprint density at radius 2 is 1.46 bits per heavy atom. The van der Waals surface area contributed by atoms with Crippen molar-refractivity contribution in [3.63, 3.8) is 0 Å². The van der Waals surface area contributed by atoms with Gasteiger partial charge >= 0.3 is 5.97 Å². The molecule has 280 valence electrons. The molecule has 0 aliphatic rings. The van der Waals surface area contributed by atoms with Crippen LogP contribution in [-0.2, 0) is 16.0 Å². The van der Waals surface area contributed by atoms with E-state index in [0.717, 1.165) is 41.9 Å². The van der Waals surface area contributed by atoms with Gasteiger partial charge in [-0.3, -0.25) is 9.59 Å². The Hall–Kier alpha value is -6.14. The topological polar surface area (TPSA) is 171 Å². The summed E-state index contributed by atoms with van der Waals surface area (Å²) in [4.78, 5) is 48.0. The van der Waals surface area contributed by atoms with Gasteiger partial charge in [-0.2, -0.15) is 0 Å². The van der Waals surface area contributed by atoms with Gasteiger partial charge in [-0.15, -0.1) is 0 Å². The Morgan fingerprint density at radius 1 is 0.796 bits per heavy atom. The van der Waals surface area contributed by atoms with Gasteiger partial charge in [0.25, 0.3) is 5.91 Å². The number of carboxylic acid groups (broad SMARTS) is 1. The zero-order valence-corrected chi connectivity index (χ0v) is 29.8. The maximum Gasteiger partial charge on any atom is 0.329 e. The van der Waals surface area contributed by atoms with E-state index in [9.17, 15) is 34.1 Å². The molecule has 1 aromatic heterocycles. The minimum Gasteiger partial charge on any atom is -0.505 e. The molecule has 5 aromatic rings. The number of hydrogen-bond donors (Lipinski definition) is 5. The van der Waals surface area contributed by atoms with Crippen LogP contribution < -0.4 is 15.4 Å². The second-order valence-electron chi connectivity index (χ2n) is 12.9. The SMILES string of the molecule is CCCCCCCOc1ccc(-c2cnc(-c3ccc(CC(NC(=O)c4ccc(O)c(F)c4)C(=O)NC(C(=O)O)C(O)c4ccccc4)cc3)nc2)cc1. The number of carbonyl (C=O) groups excluding carboxylic acids is 2. The van der Waals surface area contributed by atoms with Crippen LogP contribution in [0.1, 0.15) is 66.6 Å². The number of rotatable bonds is 18. The predicted octanol–water partition coefficient (Wildman–Crippen LogP) is 6.65. The second kappa shape index (κ2) is 19.1. The molecule has 5 rings (SSSR count). The molecular formula is C42H43FN4O7. The maximum atomic E-state index is 14.1. The van der Waals surface area contributed by atoms with Gasteiger partial charge in [-0.1, -0.05) is 99.3 Å². The lowest BCUT2D eigenvalue weighted by molar-refractivity contribution is -0.145. The van der Waals surface area contributed by atoms with E-state index in [0.29, 0.717) is 23.6 Å². The zero-order chi connectivity index (χ0) is 38.5. The first-order valence-corrected chi connectivity index (χ1v) is 17.8. The van der Waals surface area contributed by atoms with Gasteiger partial charge < -0.3 is 30.7 Å². The summed E-state index contributed by atoms with van der Waals surface area (Å²) in [5, 5.41) is 35.1. The normalized spacial score (nSPS) is 12.6. The van der Waals surface area contributed by atoms with E-state index in [2.05, 4.69) is 27.5 Å². The lowest BCUT2D eigenvalue weighted by atomic mass is 10.00. The number of aliphatic carboxylic acids is 1. The maximum absolute atomic E-state index is 14.1. The molecule has 0 radical (unpaired) electrons. The Kier molecular flexibility index (Phi) is 13.8. The molecule has 0 aliphatic carbocycles. The molecule has 54 heavy (non-hydrogen) atoms. The highest BCUT2D eigenvalue weighted by Gasteiger charge is 2.33. The van der Waals surface area contributed by atoms with Crippen LogP contribution in [0.25, 0.3) is 22.5 Å². The van der Waals surface area contributed by atoms with Gasteiger partial charge in [0.05, 0.1) is 6.61 Å². The molecule has 0 spiro atoms. The van der Waals surface area contributed by atoms with E-state index in [-0.39, 0.29) is 17.5 Å². The Bertz CT molecular complexity index is 1990. The van der Waals surface area contributed by atoms with E-state index in [1.165, 1.54) is 37.5 Å². The van der Waals surface area contributed by atoms with Gasteiger partial charge in [0.2, 0.25) is 5.91 Å². The second-order valence-corrected chi connectivity index (χ2v) is 12.9. The number of unbranched alkanes of at least 4 members (excludes halogenated alkanes) is 4. The molecule has 12 heteroatoms. The average Bonchev–Trinajstić information content (AvgIpc) is 3.19. The Morgan fingerprint density at radius 3 is 2.11 bits per heavy atom. The van der Waals surface area contributed by atoms with Crippen molar-refractivity contribution >= 4 is 17.8 Å². The molecule has 4 aromatic carbocycles. The highest BCUT2D eigenvalue weighted by atomic mass is 19.1. The number of amides is 2. The monoisotopic (exact) mass is 734 g/mol. The number of ether oxygens (including phenoxy) is 1. The van der Waals surface area contributed by atoms with E-state index in [1.54, 1.807) is 54.9 Å². The number of aliphatic hydroxyl groups excluding tert-OH is 1. The number of aromatic nitrogens is 2. The van der Waals surface area contributed by atoms with Crippen molar-refractivity contribution in [2.24, 2.45) is 0 Å². The number of aromatic hydroxyl groups is 1. The summed E-state index contributed by atoms with van der Waals surface area (Å²) in [6, 6.07) is 22.6. The van der Waals surface area contributed by atoms with Gasteiger partial charge in [0.15, 0.2) is 23.4 Å². The average molecular weight is 735 g/mol. The first-order chi connectivity index (χ1) is 26.1. The first kappa shape index (κ1) is 39.1. The molecule has 3 atom stereocenters. The molecule has 11 nitrogen and oxygen atoms in total. The fourth-order valence-corrected chi connectivity index (χ4v) is 5.76. The minimum atomic E-state index is -1.75. The van der Waals surface area contributed by atoms with Crippen molar-refractivity contribution in [3.8, 4) is 34.0 Å². The van der Waals surface area contributed by atoms with Crippen molar-refractivity contribution in [3.05, 3.63) is 132 Å². The lowest BCUT2D eigenvalue weighted by Gasteiger charge is -2.25. The highest BCUT2D eigenvalue weighted by molar-refractivity contribution is 5.98. The van der Waals surface area contributed by atoms with Gasteiger partial charge in [0, 0.05) is 35.5 Å². The number of phenolic OH excluding ortho intramolecular Hbond substituents is 1. The number of aliphatic hydroxyl groups is 1. The van der Waals surface area contributed by atoms with Crippen molar-refractivity contribution in [1.82, 2.24) is 20.6 Å². The number of nitrogens with one attached hydrogen (secondary N) is 2. The largest absolute Gasteiger partial charge is 0.505 e. The van der Waals surface area contributed by atoms with Crippen LogP contribution in [0.15, 0.2) is 109 Å². The summed E-state index contributed by atoms with van der Waals surface area (Å²) < 4.78 is 19.9. The highest BCUT2D eigenvalue weighted by Crippen LogP contribution is 2.24. The Labute approximate surface area is 312 Å². The van der Waals surface area contributed by atoms with Gasteiger partial charge in [-0.25, -0.2) is 19.2 Å². The number of benzene rings is 4. The molecule has 3 unspecified atom stereocenters. The van der Waals surface area contributed by atoms with Gasteiger partial charge in [0.1, 0.15) is 17.9 Å². The molecule has 0 saturated heterocycles. The number of nitrogens with zero attached hydrogens (tertiary/aromatic N) is 2. The van der Waals surface area contributed by atoms with E-state index in [1.807, 2.05) is 24.3 Å². The molecule has 2 amide bonds. The van der Waals surface area contributed by atoms with Crippen LogP contribution in [0, 0.1) is 5.82 Å². The summed E-state index contributed by atoms with van der Waals surface area (Å²) in [6.07, 6.45) is 7.64. The molecule has 5 N–H and O–H groups in total. The Balaban J connectivity index is 1.27. The van der Waals surface area contributed by atoms with Crippen molar-refractivity contribution in [1.29, 1.82) is 0 Å². The van der Waals surface area contributed by atoms with Gasteiger partial charge in [-0.05, 0) is 53.4 Å². The summed E-state index contributed by atoms with van der Waals surface area (Å²) in [6.45, 7) is 2.88. The molecule has 0 fully saturated rings. The first-order valence-electron chi connectivity index (χ1n) is 17.8. The number of halogens is 1. The molecule has 0 aliphatic heterocycles. The number of hydrogen-bond acceptors (Lipinski definition) is 8. The summed E-state index contributed by atoms with van der Waals surface area (Å²) in [7, 11) is 0. The van der Waals surface area contributed by atoms with Crippen LogP contribution in [0.3, 0.4) is 0 Å². The van der Waals surface area contributed by atoms with E-state index >= 15 is 0 Å². The smallest absolute Gasteiger partial charge is 0.329 e. The van der Waals surface area contributed by atoms with Crippen LogP contribution in [0.5, 0.6) is 11.5 Å². The third-order valence-corrected chi connectivity index (χ3v) is 8.86. The third kappa shape index (κ3) is 10.7. The summed E-state index contributed by atoms with van der Waals surface area (Å²) in [5.74, 6) is -3.63. The quantitative estimate of drug-likeness (QED) is 0.0619.